The number of nitrogens with zero attached hydrogens (tertiary/aromatic N) is 1. The topological polar surface area (TPSA) is 3.24 Å². The molecule has 0 radical (unpaired) electrons. The van der Waals surface area contributed by atoms with E-state index in [2.05, 4.69) is 181 Å². The van der Waals surface area contributed by atoms with Crippen LogP contribution in [0.3, 0.4) is 0 Å². The van der Waals surface area contributed by atoms with Crippen molar-refractivity contribution in [3.8, 4) is 22.3 Å². The van der Waals surface area contributed by atoms with Gasteiger partial charge >= 0.3 is 0 Å². The monoisotopic (exact) mass is 603 g/mol. The first-order chi connectivity index (χ1) is 22.8. The first kappa shape index (κ1) is 26.7. The third kappa shape index (κ3) is 4.72. The van der Waals surface area contributed by atoms with Crippen LogP contribution in [0.15, 0.2) is 176 Å². The summed E-state index contributed by atoms with van der Waals surface area (Å²) in [6.45, 7) is 0. The normalized spacial score (nSPS) is 11.5. The number of rotatable bonds is 5. The van der Waals surface area contributed by atoms with E-state index in [9.17, 15) is 0 Å². The third-order valence-corrected chi connectivity index (χ3v) is 10.1. The molecule has 216 valence electrons. The molecule has 1 aromatic heterocycles. The van der Waals surface area contributed by atoms with E-state index in [4.69, 9.17) is 0 Å². The second-order valence-electron chi connectivity index (χ2n) is 11.8. The van der Waals surface area contributed by atoms with E-state index in [1.165, 1.54) is 64.0 Å². The Labute approximate surface area is 272 Å². The Morgan fingerprint density at radius 1 is 0.304 bits per heavy atom. The summed E-state index contributed by atoms with van der Waals surface area (Å²) in [5.41, 5.74) is 8.35. The van der Waals surface area contributed by atoms with Crippen LogP contribution in [-0.2, 0) is 0 Å². The lowest BCUT2D eigenvalue weighted by Gasteiger charge is -2.26. The van der Waals surface area contributed by atoms with Gasteiger partial charge in [0.2, 0.25) is 0 Å². The molecule has 1 nitrogen and oxygen atoms in total. The maximum absolute atomic E-state index is 2.37. The van der Waals surface area contributed by atoms with Gasteiger partial charge in [0.1, 0.15) is 0 Å². The molecule has 0 atom stereocenters. The van der Waals surface area contributed by atoms with Crippen molar-refractivity contribution < 1.29 is 0 Å². The van der Waals surface area contributed by atoms with E-state index in [1.54, 1.807) is 0 Å². The van der Waals surface area contributed by atoms with Gasteiger partial charge in [0.15, 0.2) is 0 Å². The van der Waals surface area contributed by atoms with Crippen LogP contribution in [0.25, 0.3) is 64.0 Å². The second-order valence-corrected chi connectivity index (χ2v) is 12.9. The van der Waals surface area contributed by atoms with Gasteiger partial charge in [-0.05, 0) is 111 Å². The van der Waals surface area contributed by atoms with Gasteiger partial charge in [0.05, 0.1) is 0 Å². The van der Waals surface area contributed by atoms with E-state index in [1.807, 2.05) is 11.3 Å². The van der Waals surface area contributed by atoms with Crippen molar-refractivity contribution in [1.82, 2.24) is 0 Å². The Bertz CT molecular complexity index is 2540. The maximum Gasteiger partial charge on any atom is 0.0468 e. The van der Waals surface area contributed by atoms with Gasteiger partial charge in [-0.3, -0.25) is 0 Å². The molecule has 2 heteroatoms. The predicted molar refractivity (Wildman–Crippen MR) is 200 cm³/mol. The van der Waals surface area contributed by atoms with E-state index in [0.717, 1.165) is 17.1 Å². The Morgan fingerprint density at radius 2 is 0.870 bits per heavy atom. The highest BCUT2D eigenvalue weighted by Crippen LogP contribution is 2.41. The van der Waals surface area contributed by atoms with Crippen LogP contribution in [0.2, 0.25) is 0 Å². The number of benzene rings is 8. The molecule has 9 rings (SSSR count). The van der Waals surface area contributed by atoms with Gasteiger partial charge in [-0.25, -0.2) is 0 Å². The summed E-state index contributed by atoms with van der Waals surface area (Å²) < 4.78 is 2.64. The summed E-state index contributed by atoms with van der Waals surface area (Å²) in [4.78, 5) is 2.37. The van der Waals surface area contributed by atoms with E-state index < -0.39 is 0 Å². The van der Waals surface area contributed by atoms with Gasteiger partial charge in [-0.15, -0.1) is 11.3 Å². The van der Waals surface area contributed by atoms with Gasteiger partial charge in [-0.2, -0.15) is 0 Å². The summed E-state index contributed by atoms with van der Waals surface area (Å²) in [7, 11) is 0. The zero-order valence-electron chi connectivity index (χ0n) is 25.1. The molecule has 0 saturated carbocycles. The number of hydrogen-bond donors (Lipinski definition) is 0. The van der Waals surface area contributed by atoms with Crippen molar-refractivity contribution in [3.63, 3.8) is 0 Å². The van der Waals surface area contributed by atoms with E-state index in [0.29, 0.717) is 0 Å². The minimum absolute atomic E-state index is 1.14. The fraction of sp³-hybridized carbons (Fsp3) is 0. The van der Waals surface area contributed by atoms with Crippen LogP contribution < -0.4 is 4.90 Å². The smallest absolute Gasteiger partial charge is 0.0468 e. The SMILES string of the molecule is c1ccc(N(c2ccc3cc(-c4cccc(-c5ccc6ccccc6c5)c4)ccc3c2)c2ccc3sc4ccccc4c3c2)cc1. The van der Waals surface area contributed by atoms with Crippen LogP contribution in [0.1, 0.15) is 0 Å². The minimum Gasteiger partial charge on any atom is -0.310 e. The standard InChI is InChI=1S/C44H29NS/c1-2-13-38(14-3-1)45(40-23-24-44-42(29-40)41-15-6-7-16-43(41)46-44)39-22-21-36-27-35(19-20-37(36)28-39)33-12-8-11-32(26-33)34-18-17-30-9-4-5-10-31(30)25-34/h1-29H. The van der Waals surface area contributed by atoms with Crippen molar-refractivity contribution in [2.45, 2.75) is 0 Å². The van der Waals surface area contributed by atoms with Crippen LogP contribution >= 0.6 is 11.3 Å². The Hall–Kier alpha value is -5.70. The van der Waals surface area contributed by atoms with Crippen molar-refractivity contribution >= 4 is 70.1 Å². The summed E-state index contributed by atoms with van der Waals surface area (Å²) in [6, 6.07) is 64.0. The Balaban J connectivity index is 1.10. The Kier molecular flexibility index (Phi) is 6.40. The van der Waals surface area contributed by atoms with Crippen molar-refractivity contribution in [2.75, 3.05) is 4.90 Å². The average Bonchev–Trinajstić information content (AvgIpc) is 3.50. The number of para-hydroxylation sites is 1. The maximum atomic E-state index is 2.37. The second kappa shape index (κ2) is 11.0. The van der Waals surface area contributed by atoms with E-state index >= 15 is 0 Å². The number of thiophene rings is 1. The molecule has 0 aliphatic heterocycles. The fourth-order valence-corrected chi connectivity index (χ4v) is 7.76. The molecule has 0 saturated heterocycles. The van der Waals surface area contributed by atoms with Gasteiger partial charge < -0.3 is 4.90 Å². The lowest BCUT2D eigenvalue weighted by molar-refractivity contribution is 1.30. The summed E-state index contributed by atoms with van der Waals surface area (Å²) in [5, 5.41) is 7.59. The van der Waals surface area contributed by atoms with Crippen LogP contribution in [-0.4, -0.2) is 0 Å². The van der Waals surface area contributed by atoms with Crippen LogP contribution in [0, 0.1) is 0 Å². The highest BCUT2D eigenvalue weighted by Gasteiger charge is 2.15. The van der Waals surface area contributed by atoms with Gasteiger partial charge in [0, 0.05) is 37.2 Å². The van der Waals surface area contributed by atoms with Crippen molar-refractivity contribution in [1.29, 1.82) is 0 Å². The first-order valence-corrected chi connectivity index (χ1v) is 16.5. The average molecular weight is 604 g/mol. The zero-order chi connectivity index (χ0) is 30.5. The van der Waals surface area contributed by atoms with Gasteiger partial charge in [-0.1, -0.05) is 109 Å². The van der Waals surface area contributed by atoms with E-state index in [-0.39, 0.29) is 0 Å². The molecule has 0 fully saturated rings. The molecule has 9 aromatic rings. The lowest BCUT2D eigenvalue weighted by Crippen LogP contribution is -2.09. The Morgan fingerprint density at radius 3 is 1.70 bits per heavy atom. The summed E-state index contributed by atoms with van der Waals surface area (Å²) in [6.07, 6.45) is 0. The quantitative estimate of drug-likeness (QED) is 0.189. The molecule has 0 bridgehead atoms. The molecular formula is C44H29NS. The minimum atomic E-state index is 1.14. The molecule has 46 heavy (non-hydrogen) atoms. The molecule has 0 amide bonds. The zero-order valence-corrected chi connectivity index (χ0v) is 25.9. The molecular weight excluding hydrogens is 575 g/mol. The predicted octanol–water partition coefficient (Wildman–Crippen LogP) is 13.2. The highest BCUT2D eigenvalue weighted by molar-refractivity contribution is 7.25. The molecule has 0 unspecified atom stereocenters. The van der Waals surface area contributed by atoms with Crippen molar-refractivity contribution in [3.05, 3.63) is 176 Å². The molecule has 0 N–H and O–H groups in total. The first-order valence-electron chi connectivity index (χ1n) is 15.7. The van der Waals surface area contributed by atoms with Gasteiger partial charge in [0.25, 0.3) is 0 Å². The highest BCUT2D eigenvalue weighted by atomic mass is 32.1. The molecule has 8 aromatic carbocycles. The summed E-state index contributed by atoms with van der Waals surface area (Å²) >= 11 is 1.86. The van der Waals surface area contributed by atoms with Crippen molar-refractivity contribution in [2.24, 2.45) is 0 Å². The summed E-state index contributed by atoms with van der Waals surface area (Å²) in [5.74, 6) is 0. The molecule has 0 spiro atoms. The fourth-order valence-electron chi connectivity index (χ4n) is 6.68. The largest absolute Gasteiger partial charge is 0.310 e. The number of hydrogen-bond acceptors (Lipinski definition) is 2. The van der Waals surface area contributed by atoms with Crippen LogP contribution in [0.4, 0.5) is 17.1 Å². The lowest BCUT2D eigenvalue weighted by atomic mass is 9.96. The number of anilines is 3. The molecule has 0 aliphatic carbocycles. The molecule has 0 aliphatic rings. The molecule has 1 heterocycles. The van der Waals surface area contributed by atoms with Crippen LogP contribution in [0.5, 0.6) is 0 Å². The third-order valence-electron chi connectivity index (χ3n) is 8.99. The number of fused-ring (bicyclic) bond motifs is 5.